The summed E-state index contributed by atoms with van der Waals surface area (Å²) in [7, 11) is 0. The molecule has 5 heterocycles. The first kappa shape index (κ1) is 59.4. The molecular weight excluding hydrogens is 1140 g/mol. The molecule has 2 unspecified atom stereocenters. The van der Waals surface area contributed by atoms with Crippen LogP contribution in [-0.2, 0) is 55.0 Å². The van der Waals surface area contributed by atoms with E-state index in [0.717, 1.165) is 16.7 Å². The fraction of sp³-hybridized carbons (Fsp3) is 0.188. The van der Waals surface area contributed by atoms with Crippen LogP contribution in [0.1, 0.15) is 64.0 Å². The Morgan fingerprint density at radius 1 is 0.605 bits per heavy atom. The molecule has 6 aromatic carbocycles. The molecule has 3 fully saturated rings. The molecule has 0 radical (unpaired) electrons. The van der Waals surface area contributed by atoms with E-state index in [-0.39, 0.29) is 44.0 Å². The molecule has 22 heteroatoms. The minimum absolute atomic E-state index is 0.0912. The highest BCUT2D eigenvalue weighted by Crippen LogP contribution is 2.43. The maximum absolute atomic E-state index is 13.8. The minimum atomic E-state index is -0.850. The molecule has 86 heavy (non-hydrogen) atoms. The van der Waals surface area contributed by atoms with E-state index in [1.165, 1.54) is 75.0 Å². The average Bonchev–Trinajstić information content (AvgIpc) is 2.98. The Balaban J connectivity index is 0.000000191. The Hall–Kier alpha value is -9.80. The number of nitrogens with one attached hydrogen (secondary N) is 3. The highest BCUT2D eigenvalue weighted by Gasteiger charge is 2.41. The van der Waals surface area contributed by atoms with Crippen LogP contribution in [0.3, 0.4) is 0 Å². The standard InChI is InChI=1S/C33H29FN4O5S.C31H27FN4O5S/c34-24-9-4-10-26(19-24)36-32-38(20-27-11-6-18-42-27)31(40)29(44-32)23-13-15-25(16-14-23)35-30(39)28-12-5-17-37(28)33(41)43-21-22-7-2-1-3-8-22;1-20(33-31(39)41-19-21-7-3-2-4-8-21)28(37)34-24-14-12-22(13-15-24)27-29(38)36(18-26-11-6-16-40-26)30(42-27)35-25-10-5-9-23(32)17-25/h1-4,6-11,13-16,18-19,28-29H,5,12,17,20-21H2,(H,35,39);2-17,20,27H,18-19H2,1H3,(H,33,39)(H,34,37)/t28-,29?;20-,27?/m00/s1. The Labute approximate surface area is 501 Å². The predicted octanol–water partition coefficient (Wildman–Crippen LogP) is 12.8. The summed E-state index contributed by atoms with van der Waals surface area (Å²) in [6, 6.07) is 49.7. The second-order valence-electron chi connectivity index (χ2n) is 19.8. The number of likely N-dealkylation sites (tertiary alicyclic amines) is 1. The van der Waals surface area contributed by atoms with Gasteiger partial charge in [-0.1, -0.05) is 121 Å². The van der Waals surface area contributed by atoms with Gasteiger partial charge in [-0.3, -0.25) is 33.9 Å². The van der Waals surface area contributed by atoms with E-state index in [2.05, 4.69) is 25.9 Å². The van der Waals surface area contributed by atoms with E-state index in [9.17, 15) is 37.5 Å². The molecule has 4 atom stereocenters. The van der Waals surface area contributed by atoms with Crippen molar-refractivity contribution in [3.05, 3.63) is 240 Å². The fourth-order valence-corrected chi connectivity index (χ4v) is 11.6. The molecule has 3 saturated heterocycles. The summed E-state index contributed by atoms with van der Waals surface area (Å²) >= 11 is 2.52. The van der Waals surface area contributed by atoms with Crippen molar-refractivity contribution in [3.8, 4) is 0 Å². The number of amides is 6. The first-order valence-corrected chi connectivity index (χ1v) is 29.0. The molecule has 0 saturated carbocycles. The topological polar surface area (TPSA) is 218 Å². The number of furan rings is 2. The van der Waals surface area contributed by atoms with Crippen LogP contribution in [0, 0.1) is 11.6 Å². The fourth-order valence-electron chi connectivity index (χ4n) is 9.25. The number of benzene rings is 6. The number of thioether (sulfide) groups is 2. The Bertz CT molecular complexity index is 3730. The third-order valence-electron chi connectivity index (χ3n) is 13.6. The number of aliphatic imine (C=N–C) groups is 2. The number of rotatable bonds is 17. The molecule has 0 spiro atoms. The quantitative estimate of drug-likeness (QED) is 0.0776. The van der Waals surface area contributed by atoms with Gasteiger partial charge in [0, 0.05) is 17.9 Å². The number of nitrogens with zero attached hydrogens (tertiary/aromatic N) is 5. The highest BCUT2D eigenvalue weighted by molar-refractivity contribution is 8.15. The Morgan fingerprint density at radius 2 is 1.09 bits per heavy atom. The molecule has 11 rings (SSSR count). The van der Waals surface area contributed by atoms with E-state index in [1.807, 2.05) is 60.7 Å². The monoisotopic (exact) mass is 1200 g/mol. The van der Waals surface area contributed by atoms with Crippen LogP contribution in [0.2, 0.25) is 0 Å². The molecule has 18 nitrogen and oxygen atoms in total. The van der Waals surface area contributed by atoms with Crippen LogP contribution in [0.25, 0.3) is 0 Å². The number of halogens is 2. The second-order valence-corrected chi connectivity index (χ2v) is 21.9. The average molecular weight is 1200 g/mol. The summed E-state index contributed by atoms with van der Waals surface area (Å²) < 4.78 is 49.1. The van der Waals surface area contributed by atoms with Crippen LogP contribution >= 0.6 is 23.5 Å². The number of carbonyl (C=O) groups is 6. The van der Waals surface area contributed by atoms with Crippen molar-refractivity contribution in [2.24, 2.45) is 9.98 Å². The summed E-state index contributed by atoms with van der Waals surface area (Å²) in [5, 5.41) is 7.82. The van der Waals surface area contributed by atoms with Gasteiger partial charge in [0.25, 0.3) is 0 Å². The largest absolute Gasteiger partial charge is 0.467 e. The van der Waals surface area contributed by atoms with Gasteiger partial charge in [-0.25, -0.2) is 28.4 Å². The third-order valence-corrected chi connectivity index (χ3v) is 16.1. The van der Waals surface area contributed by atoms with Gasteiger partial charge in [0.1, 0.15) is 59.0 Å². The number of alkyl carbamates (subject to hydrolysis) is 1. The SMILES string of the molecule is C[C@H](NC(=O)OCc1ccccc1)C(=O)Nc1ccc(C2SC(=Nc3cccc(F)c3)N(Cc3ccco3)C2=O)cc1.O=C(Nc1ccc(C2SC(=Nc3cccc(F)c3)N(Cc3ccco3)C2=O)cc1)[C@@H]1CCCN1C(=O)OCc1ccccc1. The maximum atomic E-state index is 13.8. The van der Waals surface area contributed by atoms with Crippen molar-refractivity contribution in [1.82, 2.24) is 20.0 Å². The molecular formula is C64H56F2N8O10S2. The predicted molar refractivity (Wildman–Crippen MR) is 322 cm³/mol. The van der Waals surface area contributed by atoms with E-state index < -0.39 is 52.3 Å². The van der Waals surface area contributed by atoms with E-state index in [0.29, 0.717) is 69.6 Å². The zero-order valence-electron chi connectivity index (χ0n) is 46.1. The third kappa shape index (κ3) is 15.5. The van der Waals surface area contributed by atoms with Gasteiger partial charge in [0.05, 0.1) is 37.0 Å². The van der Waals surface area contributed by atoms with Gasteiger partial charge in [0.2, 0.25) is 23.6 Å². The smallest absolute Gasteiger partial charge is 0.410 e. The van der Waals surface area contributed by atoms with Crippen molar-refractivity contribution in [2.45, 2.75) is 68.7 Å². The lowest BCUT2D eigenvalue weighted by molar-refractivity contribution is -0.127. The van der Waals surface area contributed by atoms with E-state index in [4.69, 9.17) is 18.3 Å². The zero-order chi connectivity index (χ0) is 59.9. The van der Waals surface area contributed by atoms with Crippen LogP contribution in [0.4, 0.5) is 41.1 Å². The molecule has 3 N–H and O–H groups in total. The lowest BCUT2D eigenvalue weighted by Crippen LogP contribution is -2.43. The first-order valence-electron chi connectivity index (χ1n) is 27.3. The molecule has 3 aliphatic heterocycles. The molecule has 8 aromatic rings. The van der Waals surface area contributed by atoms with Gasteiger partial charge < -0.3 is 34.3 Å². The minimum Gasteiger partial charge on any atom is -0.467 e. The lowest BCUT2D eigenvalue weighted by atomic mass is 10.1. The van der Waals surface area contributed by atoms with Crippen LogP contribution in [0.15, 0.2) is 213 Å². The number of anilines is 2. The molecule has 2 aromatic heterocycles. The first-order chi connectivity index (χ1) is 41.8. The number of carbonyl (C=O) groups excluding carboxylic acids is 6. The van der Waals surface area contributed by atoms with Crippen molar-refractivity contribution in [3.63, 3.8) is 0 Å². The molecule has 0 aliphatic carbocycles. The molecule has 6 amide bonds. The number of hydrogen-bond donors (Lipinski definition) is 3. The van der Waals surface area contributed by atoms with Gasteiger partial charge in [-0.05, 0) is 127 Å². The second kappa shape index (κ2) is 28.2. The zero-order valence-corrected chi connectivity index (χ0v) is 47.8. The number of amidine groups is 2. The lowest BCUT2D eigenvalue weighted by Gasteiger charge is -2.23. The molecule has 0 bridgehead atoms. The normalized spacial score (nSPS) is 17.7. The van der Waals surface area contributed by atoms with Crippen LogP contribution in [-0.4, -0.2) is 79.5 Å². The Morgan fingerprint density at radius 3 is 1.57 bits per heavy atom. The van der Waals surface area contributed by atoms with Gasteiger partial charge in [-0.2, -0.15) is 0 Å². The van der Waals surface area contributed by atoms with Crippen molar-refractivity contribution < 1.29 is 55.9 Å². The Kier molecular flexibility index (Phi) is 19.5. The number of hydrogen-bond acceptors (Lipinski definition) is 14. The summed E-state index contributed by atoms with van der Waals surface area (Å²) in [6.07, 6.45) is 3.08. The van der Waals surface area contributed by atoms with Crippen molar-refractivity contribution in [2.75, 3.05) is 17.2 Å². The van der Waals surface area contributed by atoms with Gasteiger partial charge >= 0.3 is 12.2 Å². The summed E-state index contributed by atoms with van der Waals surface area (Å²) in [6.45, 7) is 2.58. The van der Waals surface area contributed by atoms with E-state index >= 15 is 0 Å². The molecule has 438 valence electrons. The maximum Gasteiger partial charge on any atom is 0.410 e. The molecule has 3 aliphatic rings. The van der Waals surface area contributed by atoms with Crippen LogP contribution in [0.5, 0.6) is 0 Å². The summed E-state index contributed by atoms with van der Waals surface area (Å²) in [5.74, 6) is -0.781. The van der Waals surface area contributed by atoms with Crippen molar-refractivity contribution in [1.29, 1.82) is 0 Å². The van der Waals surface area contributed by atoms with Gasteiger partial charge in [0.15, 0.2) is 10.3 Å². The van der Waals surface area contributed by atoms with E-state index in [1.54, 1.807) is 104 Å². The highest BCUT2D eigenvalue weighted by atomic mass is 32.2. The van der Waals surface area contributed by atoms with Crippen LogP contribution < -0.4 is 16.0 Å². The van der Waals surface area contributed by atoms with Gasteiger partial charge in [-0.15, -0.1) is 0 Å². The number of ether oxygens (including phenoxy) is 2. The summed E-state index contributed by atoms with van der Waals surface area (Å²) in [5.41, 5.74) is 4.95. The van der Waals surface area contributed by atoms with Crippen molar-refractivity contribution >= 4 is 92.4 Å². The summed E-state index contributed by atoms with van der Waals surface area (Å²) in [4.78, 5) is 91.3.